The minimum atomic E-state index is -3.37. The molecule has 17 heavy (non-hydrogen) atoms. The van der Waals surface area contributed by atoms with E-state index in [0.29, 0.717) is 0 Å². The molecular weight excluding hydrogens is 242 g/mol. The van der Waals surface area contributed by atoms with Crippen molar-refractivity contribution in [1.82, 2.24) is 4.72 Å². The monoisotopic (exact) mass is 263 g/mol. The zero-order valence-electron chi connectivity index (χ0n) is 10.8. The lowest BCUT2D eigenvalue weighted by atomic mass is 10.2. The van der Waals surface area contributed by atoms with E-state index in [1.807, 2.05) is 0 Å². The lowest BCUT2D eigenvalue weighted by Gasteiger charge is -2.22. The maximum Gasteiger partial charge on any atom is 0.324 e. The van der Waals surface area contributed by atoms with E-state index >= 15 is 0 Å². The van der Waals surface area contributed by atoms with E-state index in [4.69, 9.17) is 4.74 Å². The van der Waals surface area contributed by atoms with Crippen LogP contribution >= 0.6 is 0 Å². The van der Waals surface area contributed by atoms with Gasteiger partial charge in [0.05, 0.1) is 5.75 Å². The number of esters is 1. The second-order valence-corrected chi connectivity index (χ2v) is 7.40. The largest absolute Gasteiger partial charge is 0.459 e. The third-order valence-electron chi connectivity index (χ3n) is 2.27. The van der Waals surface area contributed by atoms with E-state index in [0.717, 1.165) is 12.8 Å². The molecule has 0 amide bonds. The summed E-state index contributed by atoms with van der Waals surface area (Å²) in [7, 11) is -3.37. The molecule has 1 atom stereocenters. The first kappa shape index (κ1) is 14.4. The number of hydrogen-bond donors (Lipinski definition) is 1. The van der Waals surface area contributed by atoms with Gasteiger partial charge in [0.25, 0.3) is 0 Å². The first-order valence-electron chi connectivity index (χ1n) is 5.82. The summed E-state index contributed by atoms with van der Waals surface area (Å²) < 4.78 is 30.7. The maximum atomic E-state index is 11.6. The molecule has 100 valence electrons. The van der Waals surface area contributed by atoms with Gasteiger partial charge < -0.3 is 4.74 Å². The molecule has 0 unspecified atom stereocenters. The number of hydrogen-bond acceptors (Lipinski definition) is 4. The topological polar surface area (TPSA) is 72.5 Å². The minimum Gasteiger partial charge on any atom is -0.459 e. The number of carbonyl (C=O) groups is 1. The molecule has 0 aromatic carbocycles. The van der Waals surface area contributed by atoms with E-state index in [9.17, 15) is 13.2 Å². The molecule has 1 N–H and O–H groups in total. The van der Waals surface area contributed by atoms with E-state index in [2.05, 4.69) is 4.72 Å². The Hall–Kier alpha value is -0.620. The first-order valence-corrected chi connectivity index (χ1v) is 7.47. The molecule has 0 bridgehead atoms. The van der Waals surface area contributed by atoms with Crippen molar-refractivity contribution in [2.75, 3.05) is 5.75 Å². The zero-order valence-corrected chi connectivity index (χ0v) is 11.6. The number of nitrogens with one attached hydrogen (secondary N) is 1. The van der Waals surface area contributed by atoms with Crippen LogP contribution in [-0.2, 0) is 19.6 Å². The van der Waals surface area contributed by atoms with Gasteiger partial charge in [-0.1, -0.05) is 0 Å². The summed E-state index contributed by atoms with van der Waals surface area (Å²) in [5.74, 6) is -0.171. The van der Waals surface area contributed by atoms with Crippen LogP contribution in [0.4, 0.5) is 0 Å². The van der Waals surface area contributed by atoms with Gasteiger partial charge in [-0.25, -0.2) is 13.1 Å². The molecule has 1 saturated carbocycles. The third-order valence-corrected chi connectivity index (χ3v) is 3.89. The van der Waals surface area contributed by atoms with E-state index in [1.165, 1.54) is 6.92 Å². The SMILES string of the molecule is C[C@@H](NS(=O)(=O)CC1CC1)C(=O)OC(C)(C)C. The van der Waals surface area contributed by atoms with Gasteiger partial charge in [-0.05, 0) is 46.5 Å². The van der Waals surface area contributed by atoms with Gasteiger partial charge in [-0.15, -0.1) is 0 Å². The fourth-order valence-corrected chi connectivity index (χ4v) is 3.04. The van der Waals surface area contributed by atoms with Crippen LogP contribution in [0.1, 0.15) is 40.5 Å². The Morgan fingerprint density at radius 1 is 1.41 bits per heavy atom. The Kier molecular flexibility index (Phi) is 4.19. The molecule has 1 fully saturated rings. The van der Waals surface area contributed by atoms with Crippen LogP contribution in [0.2, 0.25) is 0 Å². The molecule has 1 aliphatic rings. The number of ether oxygens (including phenoxy) is 1. The maximum absolute atomic E-state index is 11.6. The van der Waals surface area contributed by atoms with E-state index < -0.39 is 27.6 Å². The van der Waals surface area contributed by atoms with Crippen molar-refractivity contribution in [3.05, 3.63) is 0 Å². The van der Waals surface area contributed by atoms with Gasteiger partial charge in [0.15, 0.2) is 0 Å². The lowest BCUT2D eigenvalue weighted by Crippen LogP contribution is -2.43. The fraction of sp³-hybridized carbons (Fsp3) is 0.909. The van der Waals surface area contributed by atoms with Crippen LogP contribution in [0.25, 0.3) is 0 Å². The van der Waals surface area contributed by atoms with E-state index in [-0.39, 0.29) is 11.7 Å². The van der Waals surface area contributed by atoms with Crippen molar-refractivity contribution >= 4 is 16.0 Å². The Bertz CT molecular complexity index is 379. The molecule has 5 nitrogen and oxygen atoms in total. The van der Waals surface area contributed by atoms with Gasteiger partial charge >= 0.3 is 5.97 Å². The minimum absolute atomic E-state index is 0.111. The lowest BCUT2D eigenvalue weighted by molar-refractivity contribution is -0.156. The van der Waals surface area contributed by atoms with Gasteiger partial charge in [-0.2, -0.15) is 0 Å². The Morgan fingerprint density at radius 3 is 2.35 bits per heavy atom. The summed E-state index contributed by atoms with van der Waals surface area (Å²) in [4.78, 5) is 11.6. The highest BCUT2D eigenvalue weighted by Crippen LogP contribution is 2.30. The van der Waals surface area contributed by atoms with Crippen LogP contribution in [0, 0.1) is 5.92 Å². The summed E-state index contributed by atoms with van der Waals surface area (Å²) in [6.07, 6.45) is 1.92. The summed E-state index contributed by atoms with van der Waals surface area (Å²) in [6.45, 7) is 6.74. The molecule has 6 heteroatoms. The highest BCUT2D eigenvalue weighted by atomic mass is 32.2. The smallest absolute Gasteiger partial charge is 0.324 e. The molecule has 1 aliphatic carbocycles. The molecule has 0 aromatic heterocycles. The van der Waals surface area contributed by atoms with Crippen molar-refractivity contribution in [1.29, 1.82) is 0 Å². The van der Waals surface area contributed by atoms with Crippen molar-refractivity contribution in [2.24, 2.45) is 5.92 Å². The van der Waals surface area contributed by atoms with Crippen molar-refractivity contribution < 1.29 is 17.9 Å². The van der Waals surface area contributed by atoms with Crippen LogP contribution in [0.15, 0.2) is 0 Å². The summed E-state index contributed by atoms with van der Waals surface area (Å²) >= 11 is 0. The van der Waals surface area contributed by atoms with Crippen molar-refractivity contribution in [3.8, 4) is 0 Å². The average molecular weight is 263 g/mol. The fourth-order valence-electron chi connectivity index (χ4n) is 1.35. The normalized spacial score (nSPS) is 18.8. The second kappa shape index (κ2) is 4.94. The van der Waals surface area contributed by atoms with Gasteiger partial charge in [0.2, 0.25) is 10.0 Å². The molecule has 0 aromatic rings. The highest BCUT2D eigenvalue weighted by molar-refractivity contribution is 7.89. The molecule has 1 rings (SSSR count). The second-order valence-electron chi connectivity index (χ2n) is 5.60. The Labute approximate surface area is 103 Å². The predicted molar refractivity (Wildman–Crippen MR) is 65.0 cm³/mol. The van der Waals surface area contributed by atoms with Crippen LogP contribution in [-0.4, -0.2) is 31.8 Å². The molecule has 0 heterocycles. The van der Waals surface area contributed by atoms with Gasteiger partial charge in [0, 0.05) is 0 Å². The van der Waals surface area contributed by atoms with Crippen LogP contribution in [0.3, 0.4) is 0 Å². The Morgan fingerprint density at radius 2 is 1.94 bits per heavy atom. The summed E-state index contributed by atoms with van der Waals surface area (Å²) in [6, 6.07) is -0.835. The van der Waals surface area contributed by atoms with Crippen LogP contribution in [0.5, 0.6) is 0 Å². The standard InChI is InChI=1S/C11H21NO4S/c1-8(10(13)16-11(2,3)4)12-17(14,15)7-9-5-6-9/h8-9,12H,5-7H2,1-4H3/t8-/m1/s1. The number of sulfonamides is 1. The van der Waals surface area contributed by atoms with Crippen molar-refractivity contribution in [2.45, 2.75) is 52.2 Å². The number of rotatable bonds is 5. The quantitative estimate of drug-likeness (QED) is 0.752. The van der Waals surface area contributed by atoms with E-state index in [1.54, 1.807) is 20.8 Å². The third kappa shape index (κ3) is 6.02. The number of carbonyl (C=O) groups excluding carboxylic acids is 1. The van der Waals surface area contributed by atoms with Crippen LogP contribution < -0.4 is 4.72 Å². The highest BCUT2D eigenvalue weighted by Gasteiger charge is 2.31. The molecular formula is C11H21NO4S. The predicted octanol–water partition coefficient (Wildman–Crippen LogP) is 1.05. The molecule has 0 radical (unpaired) electrons. The van der Waals surface area contributed by atoms with Crippen molar-refractivity contribution in [3.63, 3.8) is 0 Å². The molecule has 0 aliphatic heterocycles. The average Bonchev–Trinajstić information content (AvgIpc) is 2.82. The molecule has 0 saturated heterocycles. The van der Waals surface area contributed by atoms with Gasteiger partial charge in [-0.3, -0.25) is 4.79 Å². The molecule has 0 spiro atoms. The first-order chi connectivity index (χ1) is 7.59. The summed E-state index contributed by atoms with van der Waals surface area (Å²) in [5, 5.41) is 0. The zero-order chi connectivity index (χ0) is 13.3. The Balaban J connectivity index is 2.47. The summed E-state index contributed by atoms with van der Waals surface area (Å²) in [5.41, 5.74) is -0.604. The van der Waals surface area contributed by atoms with Gasteiger partial charge in [0.1, 0.15) is 11.6 Å².